The predicted octanol–water partition coefficient (Wildman–Crippen LogP) is -0.913. The quantitative estimate of drug-likeness (QED) is 0.565. The second-order valence-corrected chi connectivity index (χ2v) is 4.65. The third-order valence-corrected chi connectivity index (χ3v) is 3.35. The highest BCUT2D eigenvalue weighted by atomic mass is 19.1. The minimum absolute atomic E-state index is 0.0412. The van der Waals surface area contributed by atoms with Crippen LogP contribution in [0.2, 0.25) is 0 Å². The Balaban J connectivity index is 2.11. The molecule has 1 aliphatic heterocycles. The molecule has 0 aliphatic carbocycles. The predicted molar refractivity (Wildman–Crippen MR) is 66.3 cm³/mol. The van der Waals surface area contributed by atoms with E-state index in [0.717, 1.165) is 6.20 Å². The van der Waals surface area contributed by atoms with Gasteiger partial charge >= 0.3 is 0 Å². The number of halogens is 1. The molecule has 3 rings (SSSR count). The van der Waals surface area contributed by atoms with Crippen molar-refractivity contribution < 1.29 is 19.3 Å². The van der Waals surface area contributed by atoms with Gasteiger partial charge in [-0.25, -0.2) is 4.39 Å². The Bertz CT molecular complexity index is 712. The van der Waals surface area contributed by atoms with Crippen molar-refractivity contribution in [1.82, 2.24) is 14.5 Å². The third-order valence-electron chi connectivity index (χ3n) is 3.35. The van der Waals surface area contributed by atoms with E-state index in [2.05, 4.69) is 9.97 Å². The number of H-pyrrole nitrogens is 1. The molecule has 108 valence electrons. The zero-order chi connectivity index (χ0) is 14.4. The van der Waals surface area contributed by atoms with Crippen LogP contribution in [0, 0.1) is 5.82 Å². The molecular formula is C11H13FN4O4. The molecule has 0 radical (unpaired) electrons. The summed E-state index contributed by atoms with van der Waals surface area (Å²) in [5.41, 5.74) is 4.81. The number of aliphatic hydroxyl groups excluding tert-OH is 2. The molecule has 2 aromatic rings. The van der Waals surface area contributed by atoms with Gasteiger partial charge in [-0.05, 0) is 0 Å². The van der Waals surface area contributed by atoms with Gasteiger partial charge in [0.15, 0.2) is 11.5 Å². The van der Waals surface area contributed by atoms with Crippen LogP contribution in [0.1, 0.15) is 12.6 Å². The molecule has 1 aliphatic rings. The number of hydrogen-bond acceptors (Lipinski definition) is 6. The minimum atomic E-state index is -0.871. The van der Waals surface area contributed by atoms with E-state index in [-0.39, 0.29) is 30.0 Å². The lowest BCUT2D eigenvalue weighted by atomic mass is 10.2. The van der Waals surface area contributed by atoms with Crippen LogP contribution in [0.4, 0.5) is 10.3 Å². The van der Waals surface area contributed by atoms with Crippen LogP contribution in [0.5, 0.6) is 0 Å². The van der Waals surface area contributed by atoms with Crippen LogP contribution in [0.3, 0.4) is 0 Å². The van der Waals surface area contributed by atoms with E-state index in [1.54, 1.807) is 0 Å². The lowest BCUT2D eigenvalue weighted by Gasteiger charge is -2.14. The largest absolute Gasteiger partial charge is 0.394 e. The molecule has 3 heterocycles. The smallest absolute Gasteiger partial charge is 0.264 e. The zero-order valence-electron chi connectivity index (χ0n) is 10.3. The maximum Gasteiger partial charge on any atom is 0.264 e. The number of aromatic amines is 1. The Morgan fingerprint density at radius 3 is 3.05 bits per heavy atom. The van der Waals surface area contributed by atoms with Crippen molar-refractivity contribution in [2.24, 2.45) is 0 Å². The van der Waals surface area contributed by atoms with Crippen LogP contribution >= 0.6 is 0 Å². The van der Waals surface area contributed by atoms with E-state index in [9.17, 15) is 14.3 Å². The fraction of sp³-hybridized carbons (Fsp3) is 0.455. The molecule has 0 amide bonds. The first kappa shape index (κ1) is 13.0. The summed E-state index contributed by atoms with van der Waals surface area (Å²) in [4.78, 5) is 17.8. The molecule has 0 saturated carbocycles. The fourth-order valence-electron chi connectivity index (χ4n) is 2.40. The van der Waals surface area contributed by atoms with Gasteiger partial charge in [-0.3, -0.25) is 9.78 Å². The van der Waals surface area contributed by atoms with Gasteiger partial charge in [0.1, 0.15) is 17.7 Å². The van der Waals surface area contributed by atoms with Gasteiger partial charge in [-0.15, -0.1) is 0 Å². The lowest BCUT2D eigenvalue weighted by Crippen LogP contribution is -2.24. The van der Waals surface area contributed by atoms with Crippen molar-refractivity contribution in [3.8, 4) is 0 Å². The van der Waals surface area contributed by atoms with Gasteiger partial charge in [0, 0.05) is 12.6 Å². The molecule has 2 aromatic heterocycles. The third kappa shape index (κ3) is 1.87. The fourth-order valence-corrected chi connectivity index (χ4v) is 2.40. The Labute approximate surface area is 111 Å². The molecule has 1 fully saturated rings. The molecule has 9 heteroatoms. The van der Waals surface area contributed by atoms with Crippen molar-refractivity contribution in [1.29, 1.82) is 0 Å². The van der Waals surface area contributed by atoms with E-state index < -0.39 is 29.8 Å². The summed E-state index contributed by atoms with van der Waals surface area (Å²) < 4.78 is 20.6. The van der Waals surface area contributed by atoms with E-state index in [0.29, 0.717) is 0 Å². The molecular weight excluding hydrogens is 271 g/mol. The van der Waals surface area contributed by atoms with E-state index in [1.165, 1.54) is 4.57 Å². The van der Waals surface area contributed by atoms with Gasteiger partial charge in [-0.2, -0.15) is 4.98 Å². The SMILES string of the molecule is Nc1nc2c(c(F)cn2[C@H]2C[C@H](O)[C@@H](CO)O2)c(=O)[nH]1. The molecule has 0 bridgehead atoms. The van der Waals surface area contributed by atoms with Crippen LogP contribution < -0.4 is 11.3 Å². The highest BCUT2D eigenvalue weighted by Crippen LogP contribution is 2.31. The number of ether oxygens (including phenoxy) is 1. The lowest BCUT2D eigenvalue weighted by molar-refractivity contribution is -0.0431. The molecule has 3 atom stereocenters. The Hall–Kier alpha value is -1.97. The monoisotopic (exact) mass is 284 g/mol. The number of nitrogens with two attached hydrogens (primary N) is 1. The average Bonchev–Trinajstić information content (AvgIpc) is 2.90. The van der Waals surface area contributed by atoms with Gasteiger partial charge in [0.2, 0.25) is 5.95 Å². The Morgan fingerprint density at radius 1 is 1.65 bits per heavy atom. The Kier molecular flexibility index (Phi) is 2.96. The molecule has 0 aromatic carbocycles. The second-order valence-electron chi connectivity index (χ2n) is 4.65. The minimum Gasteiger partial charge on any atom is -0.394 e. The number of aliphatic hydroxyl groups is 2. The highest BCUT2D eigenvalue weighted by Gasteiger charge is 2.35. The first-order valence-corrected chi connectivity index (χ1v) is 6.01. The maximum atomic E-state index is 13.8. The van der Waals surface area contributed by atoms with Crippen LogP contribution in [-0.4, -0.2) is 43.6 Å². The van der Waals surface area contributed by atoms with Crippen molar-refractivity contribution in [3.63, 3.8) is 0 Å². The van der Waals surface area contributed by atoms with Crippen LogP contribution in [0.15, 0.2) is 11.0 Å². The summed E-state index contributed by atoms with van der Waals surface area (Å²) in [5.74, 6) is -0.890. The number of fused-ring (bicyclic) bond motifs is 1. The molecule has 1 saturated heterocycles. The second kappa shape index (κ2) is 4.54. The van der Waals surface area contributed by atoms with Gasteiger partial charge in [-0.1, -0.05) is 0 Å². The maximum absolute atomic E-state index is 13.8. The summed E-state index contributed by atoms with van der Waals surface area (Å²) in [5, 5.41) is 18.5. The number of rotatable bonds is 2. The van der Waals surface area contributed by atoms with Crippen LogP contribution in [0.25, 0.3) is 11.0 Å². The number of anilines is 1. The summed E-state index contributed by atoms with van der Waals surface area (Å²) in [7, 11) is 0. The number of nitrogen functional groups attached to an aromatic ring is 1. The van der Waals surface area contributed by atoms with Crippen molar-refractivity contribution in [3.05, 3.63) is 22.4 Å². The van der Waals surface area contributed by atoms with Gasteiger partial charge in [0.25, 0.3) is 5.56 Å². The molecule has 0 spiro atoms. The standard InChI is InChI=1S/C11H13FN4O4/c12-4-2-16(7-1-5(18)6(3-17)20-7)9-8(4)10(19)15-11(13)14-9/h2,5-7,17-18H,1,3H2,(H3,13,14,15,19)/t5-,6+,7+/m0/s1. The Morgan fingerprint density at radius 2 is 2.40 bits per heavy atom. The number of nitrogens with one attached hydrogen (secondary N) is 1. The van der Waals surface area contributed by atoms with Crippen molar-refractivity contribution >= 4 is 17.0 Å². The topological polar surface area (TPSA) is 126 Å². The van der Waals surface area contributed by atoms with Gasteiger partial charge in [0.05, 0.1) is 12.7 Å². The summed E-state index contributed by atoms with van der Waals surface area (Å²) in [6, 6.07) is 0. The zero-order valence-corrected chi connectivity index (χ0v) is 10.3. The normalized spacial score (nSPS) is 26.4. The van der Waals surface area contributed by atoms with E-state index in [4.69, 9.17) is 15.6 Å². The van der Waals surface area contributed by atoms with Crippen LogP contribution in [-0.2, 0) is 4.74 Å². The molecule has 8 nitrogen and oxygen atoms in total. The van der Waals surface area contributed by atoms with Crippen molar-refractivity contribution in [2.45, 2.75) is 24.9 Å². The molecule has 0 unspecified atom stereocenters. The summed E-state index contributed by atoms with van der Waals surface area (Å²) in [6.45, 7) is -0.352. The van der Waals surface area contributed by atoms with E-state index in [1.807, 2.05) is 0 Å². The molecule has 5 N–H and O–H groups in total. The number of nitrogens with zero attached hydrogens (tertiary/aromatic N) is 2. The number of aromatic nitrogens is 3. The average molecular weight is 284 g/mol. The molecule has 20 heavy (non-hydrogen) atoms. The summed E-state index contributed by atoms with van der Waals surface area (Å²) in [6.07, 6.45) is -1.11. The highest BCUT2D eigenvalue weighted by molar-refractivity contribution is 5.76. The first-order valence-electron chi connectivity index (χ1n) is 6.01. The van der Waals surface area contributed by atoms with E-state index >= 15 is 0 Å². The summed E-state index contributed by atoms with van der Waals surface area (Å²) >= 11 is 0. The number of hydrogen-bond donors (Lipinski definition) is 4. The van der Waals surface area contributed by atoms with Crippen molar-refractivity contribution in [2.75, 3.05) is 12.3 Å². The first-order chi connectivity index (χ1) is 9.51. The van der Waals surface area contributed by atoms with Gasteiger partial charge < -0.3 is 25.3 Å².